The number of quaternary nitrogens is 1. The third-order valence-electron chi connectivity index (χ3n) is 7.97. The van der Waals surface area contributed by atoms with Crippen LogP contribution in [-0.4, -0.2) is 48.3 Å². The number of esters is 1. The van der Waals surface area contributed by atoms with Gasteiger partial charge < -0.3 is 14.3 Å². The SMILES string of the molecule is C[N+]1(CCc2ccccc2)CCC[C@@H]1COC(=O)C(O)(c1ccccc1)C1CCCCC1. The lowest BCUT2D eigenvalue weighted by atomic mass is 9.73. The summed E-state index contributed by atoms with van der Waals surface area (Å²) in [5.41, 5.74) is 0.475. The van der Waals surface area contributed by atoms with Crippen LogP contribution in [0, 0.1) is 5.92 Å². The van der Waals surface area contributed by atoms with Crippen molar-refractivity contribution in [1.29, 1.82) is 0 Å². The van der Waals surface area contributed by atoms with Gasteiger partial charge in [-0.1, -0.05) is 79.9 Å². The van der Waals surface area contributed by atoms with Gasteiger partial charge in [0, 0.05) is 25.2 Å². The molecule has 2 aromatic rings. The zero-order chi connectivity index (χ0) is 22.4. The molecule has 0 aromatic heterocycles. The molecule has 1 heterocycles. The van der Waals surface area contributed by atoms with Crippen molar-refractivity contribution >= 4 is 5.97 Å². The van der Waals surface area contributed by atoms with Gasteiger partial charge in [-0.15, -0.1) is 0 Å². The highest BCUT2D eigenvalue weighted by atomic mass is 16.6. The van der Waals surface area contributed by atoms with Crippen molar-refractivity contribution in [3.05, 3.63) is 71.8 Å². The summed E-state index contributed by atoms with van der Waals surface area (Å²) in [6, 6.07) is 20.3. The number of carbonyl (C=O) groups excluding carboxylic acids is 1. The van der Waals surface area contributed by atoms with Crippen LogP contribution in [0.2, 0.25) is 0 Å². The monoisotopic (exact) mass is 436 g/mol. The molecule has 32 heavy (non-hydrogen) atoms. The van der Waals surface area contributed by atoms with E-state index in [-0.39, 0.29) is 12.0 Å². The topological polar surface area (TPSA) is 46.5 Å². The van der Waals surface area contributed by atoms with Crippen molar-refractivity contribution in [2.45, 2.75) is 63.0 Å². The number of aliphatic hydroxyl groups is 1. The molecule has 4 heteroatoms. The second kappa shape index (κ2) is 10.2. The van der Waals surface area contributed by atoms with E-state index >= 15 is 0 Å². The largest absolute Gasteiger partial charge is 0.457 e. The van der Waals surface area contributed by atoms with Crippen LogP contribution in [0.1, 0.15) is 56.1 Å². The summed E-state index contributed by atoms with van der Waals surface area (Å²) in [6.07, 6.45) is 8.27. The first-order chi connectivity index (χ1) is 15.5. The summed E-state index contributed by atoms with van der Waals surface area (Å²) >= 11 is 0. The van der Waals surface area contributed by atoms with E-state index in [2.05, 4.69) is 37.4 Å². The molecule has 2 unspecified atom stereocenters. The highest BCUT2D eigenvalue weighted by molar-refractivity contribution is 5.81. The van der Waals surface area contributed by atoms with E-state index in [1.807, 2.05) is 30.3 Å². The number of benzene rings is 2. The van der Waals surface area contributed by atoms with Crippen molar-refractivity contribution in [2.24, 2.45) is 5.92 Å². The summed E-state index contributed by atoms with van der Waals surface area (Å²) in [5, 5.41) is 11.8. The first-order valence-corrected chi connectivity index (χ1v) is 12.4. The van der Waals surface area contributed by atoms with Gasteiger partial charge >= 0.3 is 5.97 Å². The molecule has 0 radical (unpaired) electrons. The van der Waals surface area contributed by atoms with Gasteiger partial charge in [0.2, 0.25) is 0 Å². The van der Waals surface area contributed by atoms with Gasteiger partial charge in [-0.25, -0.2) is 4.79 Å². The van der Waals surface area contributed by atoms with Crippen molar-refractivity contribution in [1.82, 2.24) is 0 Å². The number of carbonyl (C=O) groups is 1. The van der Waals surface area contributed by atoms with Gasteiger partial charge in [0.05, 0.1) is 20.1 Å². The third-order valence-corrected chi connectivity index (χ3v) is 7.97. The van der Waals surface area contributed by atoms with Gasteiger partial charge in [0.1, 0.15) is 12.6 Å². The highest BCUT2D eigenvalue weighted by Crippen LogP contribution is 2.40. The molecule has 1 saturated carbocycles. The predicted octanol–water partition coefficient (Wildman–Crippen LogP) is 4.85. The van der Waals surface area contributed by atoms with Gasteiger partial charge in [-0.05, 0) is 24.0 Å². The van der Waals surface area contributed by atoms with E-state index in [4.69, 9.17) is 4.74 Å². The van der Waals surface area contributed by atoms with Crippen LogP contribution in [0.3, 0.4) is 0 Å². The van der Waals surface area contributed by atoms with Crippen LogP contribution in [0.4, 0.5) is 0 Å². The Morgan fingerprint density at radius 2 is 1.62 bits per heavy atom. The maximum Gasteiger partial charge on any atom is 0.343 e. The molecule has 4 rings (SSSR count). The average molecular weight is 437 g/mol. The maximum absolute atomic E-state index is 13.4. The van der Waals surface area contributed by atoms with E-state index in [0.717, 1.165) is 62.5 Å². The molecule has 172 valence electrons. The second-order valence-corrected chi connectivity index (χ2v) is 10.0. The van der Waals surface area contributed by atoms with Crippen molar-refractivity contribution in [3.63, 3.8) is 0 Å². The van der Waals surface area contributed by atoms with Crippen molar-refractivity contribution in [3.8, 4) is 0 Å². The van der Waals surface area contributed by atoms with E-state index in [9.17, 15) is 9.90 Å². The van der Waals surface area contributed by atoms with E-state index < -0.39 is 11.6 Å². The van der Waals surface area contributed by atoms with E-state index in [1.165, 1.54) is 12.0 Å². The van der Waals surface area contributed by atoms with Gasteiger partial charge in [0.25, 0.3) is 0 Å². The summed E-state index contributed by atoms with van der Waals surface area (Å²) in [4.78, 5) is 13.4. The van der Waals surface area contributed by atoms with Gasteiger partial charge in [-0.3, -0.25) is 0 Å². The Morgan fingerprint density at radius 1 is 0.969 bits per heavy atom. The molecule has 0 spiro atoms. The quantitative estimate of drug-likeness (QED) is 0.475. The van der Waals surface area contributed by atoms with Crippen LogP contribution in [-0.2, 0) is 21.6 Å². The Bertz CT molecular complexity index is 865. The van der Waals surface area contributed by atoms with Crippen LogP contribution in [0.25, 0.3) is 0 Å². The smallest absolute Gasteiger partial charge is 0.343 e. The number of likely N-dealkylation sites (tertiary alicyclic amines) is 1. The minimum atomic E-state index is -1.55. The number of likely N-dealkylation sites (N-methyl/N-ethyl adjacent to an activating group) is 1. The third kappa shape index (κ3) is 4.92. The lowest BCUT2D eigenvalue weighted by Gasteiger charge is -2.39. The molecular weight excluding hydrogens is 398 g/mol. The van der Waals surface area contributed by atoms with Crippen molar-refractivity contribution in [2.75, 3.05) is 26.7 Å². The molecule has 0 bridgehead atoms. The molecule has 1 aliphatic heterocycles. The maximum atomic E-state index is 13.4. The molecule has 2 aromatic carbocycles. The lowest BCUT2D eigenvalue weighted by molar-refractivity contribution is -0.921. The van der Waals surface area contributed by atoms with Gasteiger partial charge in [0.15, 0.2) is 5.60 Å². The standard InChI is InChI=1S/C28H38NO3/c1-29(21-19-23-12-5-2-6-13-23)20-11-18-26(29)22-32-27(30)28(31,24-14-7-3-8-15-24)25-16-9-4-10-17-25/h2-3,5-8,12-15,25-26,31H,4,9-11,16-22H2,1H3/q+1/t26-,28?,29?/m1/s1. The Balaban J connectivity index is 1.44. The predicted molar refractivity (Wildman–Crippen MR) is 127 cm³/mol. The van der Waals surface area contributed by atoms with E-state index in [1.54, 1.807) is 0 Å². The molecule has 0 amide bonds. The summed E-state index contributed by atoms with van der Waals surface area (Å²) in [5.74, 6) is -0.536. The number of nitrogens with zero attached hydrogens (tertiary/aromatic N) is 1. The fourth-order valence-electron chi connectivity index (χ4n) is 5.78. The molecule has 2 aliphatic rings. The fraction of sp³-hybridized carbons (Fsp3) is 0.536. The molecule has 1 saturated heterocycles. The first-order valence-electron chi connectivity index (χ1n) is 12.4. The summed E-state index contributed by atoms with van der Waals surface area (Å²) in [6.45, 7) is 2.53. The number of hydrogen-bond acceptors (Lipinski definition) is 3. The number of hydrogen-bond donors (Lipinski definition) is 1. The van der Waals surface area contributed by atoms with Gasteiger partial charge in [-0.2, -0.15) is 0 Å². The zero-order valence-electron chi connectivity index (χ0n) is 19.4. The highest BCUT2D eigenvalue weighted by Gasteiger charge is 2.48. The summed E-state index contributed by atoms with van der Waals surface area (Å²) in [7, 11) is 2.29. The Labute approximate surface area is 192 Å². The molecule has 1 N–H and O–H groups in total. The molecule has 3 atom stereocenters. The minimum absolute atomic E-state index is 0.0753. The molecular formula is C28H38NO3+. The number of ether oxygens (including phenoxy) is 1. The Hall–Kier alpha value is -2.17. The minimum Gasteiger partial charge on any atom is -0.457 e. The lowest BCUT2D eigenvalue weighted by Crippen LogP contribution is -2.52. The Morgan fingerprint density at radius 3 is 2.31 bits per heavy atom. The van der Waals surface area contributed by atoms with Crippen molar-refractivity contribution < 1.29 is 19.1 Å². The molecule has 2 fully saturated rings. The van der Waals surface area contributed by atoms with E-state index in [0.29, 0.717) is 12.2 Å². The van der Waals surface area contributed by atoms with Crippen LogP contribution in [0.15, 0.2) is 60.7 Å². The average Bonchev–Trinajstić information content (AvgIpc) is 3.23. The first kappa shape index (κ1) is 23.0. The van der Waals surface area contributed by atoms with Crippen LogP contribution < -0.4 is 0 Å². The molecule has 1 aliphatic carbocycles. The zero-order valence-corrected chi connectivity index (χ0v) is 19.4. The van der Waals surface area contributed by atoms with Crippen LogP contribution >= 0.6 is 0 Å². The number of rotatable bonds is 8. The normalized spacial score (nSPS) is 25.9. The fourth-order valence-corrected chi connectivity index (χ4v) is 5.78. The van der Waals surface area contributed by atoms with Crippen LogP contribution in [0.5, 0.6) is 0 Å². The Kier molecular flexibility index (Phi) is 7.32. The summed E-state index contributed by atoms with van der Waals surface area (Å²) < 4.78 is 6.87. The second-order valence-electron chi connectivity index (χ2n) is 10.0. The molecule has 4 nitrogen and oxygen atoms in total.